The van der Waals surface area contributed by atoms with Crippen LogP contribution in [0.5, 0.6) is 0 Å². The van der Waals surface area contributed by atoms with Gasteiger partial charge in [0.05, 0.1) is 0 Å². The number of hydrogen-bond acceptors (Lipinski definition) is 5. The summed E-state index contributed by atoms with van der Waals surface area (Å²) in [6, 6.07) is 7.29. The highest BCUT2D eigenvalue weighted by molar-refractivity contribution is 6.18. The van der Waals surface area contributed by atoms with Gasteiger partial charge in [0.2, 0.25) is 5.91 Å². The second kappa shape index (κ2) is 13.1. The lowest BCUT2D eigenvalue weighted by molar-refractivity contribution is -0.167. The molecule has 42 heavy (non-hydrogen) atoms. The summed E-state index contributed by atoms with van der Waals surface area (Å²) in [5.74, 6) is 3.29. The first kappa shape index (κ1) is 31.6. The number of nitrogens with zero attached hydrogens (tertiary/aromatic N) is 1. The van der Waals surface area contributed by atoms with E-state index in [9.17, 15) is 14.4 Å². The number of ketones is 1. The van der Waals surface area contributed by atoms with Crippen LogP contribution in [0.3, 0.4) is 0 Å². The second-order valence-electron chi connectivity index (χ2n) is 13.9. The van der Waals surface area contributed by atoms with Crippen LogP contribution in [-0.2, 0) is 25.5 Å². The third-order valence-electron chi connectivity index (χ3n) is 11.8. The number of esters is 1. The number of hydrogen-bond donors (Lipinski definition) is 1. The number of ether oxygens (including phenoxy) is 1. The summed E-state index contributed by atoms with van der Waals surface area (Å²) in [4.78, 5) is 40.1. The van der Waals surface area contributed by atoms with Gasteiger partial charge >= 0.3 is 5.97 Å². The van der Waals surface area contributed by atoms with Crippen LogP contribution in [0.1, 0.15) is 84.1 Å². The summed E-state index contributed by atoms with van der Waals surface area (Å²) >= 11 is 11.9. The van der Waals surface area contributed by atoms with E-state index in [1.807, 2.05) is 24.3 Å². The molecule has 4 fully saturated rings. The maximum Gasteiger partial charge on any atom is 0.329 e. The summed E-state index contributed by atoms with van der Waals surface area (Å²) in [5.41, 5.74) is 2.21. The molecule has 0 unspecified atom stereocenters. The van der Waals surface area contributed by atoms with Gasteiger partial charge in [0.25, 0.3) is 0 Å². The molecule has 4 saturated carbocycles. The van der Waals surface area contributed by atoms with E-state index in [1.54, 1.807) is 0 Å². The fourth-order valence-corrected chi connectivity index (χ4v) is 9.91. The summed E-state index contributed by atoms with van der Waals surface area (Å²) in [6.07, 6.45) is 9.31. The Balaban J connectivity index is 1.26. The Labute approximate surface area is 261 Å². The van der Waals surface area contributed by atoms with Gasteiger partial charge < -0.3 is 15.0 Å². The van der Waals surface area contributed by atoms with Gasteiger partial charge in [-0.15, -0.1) is 23.2 Å². The van der Waals surface area contributed by atoms with Crippen molar-refractivity contribution in [3.8, 4) is 0 Å². The van der Waals surface area contributed by atoms with E-state index in [0.29, 0.717) is 60.7 Å². The van der Waals surface area contributed by atoms with Crippen molar-refractivity contribution in [2.24, 2.45) is 34.5 Å². The number of halogens is 2. The van der Waals surface area contributed by atoms with E-state index in [0.717, 1.165) is 62.6 Å². The van der Waals surface area contributed by atoms with Gasteiger partial charge in [0.1, 0.15) is 17.9 Å². The Morgan fingerprint density at radius 3 is 2.33 bits per heavy atom. The third kappa shape index (κ3) is 6.22. The van der Waals surface area contributed by atoms with Gasteiger partial charge in [0, 0.05) is 62.1 Å². The smallest absolute Gasteiger partial charge is 0.329 e. The van der Waals surface area contributed by atoms with Crippen molar-refractivity contribution in [3.05, 3.63) is 29.8 Å². The topological polar surface area (TPSA) is 75.7 Å². The molecule has 1 aromatic carbocycles. The first-order chi connectivity index (χ1) is 20.1. The van der Waals surface area contributed by atoms with E-state index in [1.165, 1.54) is 13.3 Å². The number of anilines is 1. The maximum absolute atomic E-state index is 13.6. The molecule has 8 atom stereocenters. The van der Waals surface area contributed by atoms with Gasteiger partial charge in [-0.1, -0.05) is 26.0 Å². The molecule has 0 radical (unpaired) electrons. The molecule has 8 heteroatoms. The van der Waals surface area contributed by atoms with Crippen molar-refractivity contribution in [1.29, 1.82) is 0 Å². The van der Waals surface area contributed by atoms with Gasteiger partial charge in [0.15, 0.2) is 0 Å². The van der Waals surface area contributed by atoms with Crippen LogP contribution >= 0.6 is 23.2 Å². The molecule has 0 heterocycles. The third-order valence-corrected chi connectivity index (χ3v) is 12.1. The van der Waals surface area contributed by atoms with E-state index in [2.05, 4.69) is 24.1 Å². The zero-order valence-electron chi connectivity index (χ0n) is 25.5. The van der Waals surface area contributed by atoms with Gasteiger partial charge in [-0.3, -0.25) is 9.59 Å². The normalized spacial score (nSPS) is 34.5. The van der Waals surface area contributed by atoms with Gasteiger partial charge in [-0.2, -0.15) is 0 Å². The minimum Gasteiger partial charge on any atom is -0.460 e. The minimum absolute atomic E-state index is 0.0404. The largest absolute Gasteiger partial charge is 0.460 e. The number of nitrogens with one attached hydrogen (secondary N) is 1. The Hall–Kier alpha value is -1.79. The molecule has 0 bridgehead atoms. The number of carbonyl (C=O) groups is 3. The van der Waals surface area contributed by atoms with Crippen molar-refractivity contribution in [2.45, 2.75) is 97.1 Å². The average Bonchev–Trinajstić information content (AvgIpc) is 3.29. The highest BCUT2D eigenvalue weighted by Crippen LogP contribution is 2.66. The van der Waals surface area contributed by atoms with Gasteiger partial charge in [-0.05, 0) is 91.7 Å². The van der Waals surface area contributed by atoms with Crippen molar-refractivity contribution >= 4 is 46.5 Å². The molecule has 1 aromatic rings. The molecule has 4 aliphatic rings. The average molecular weight is 620 g/mol. The van der Waals surface area contributed by atoms with E-state index < -0.39 is 6.04 Å². The molecule has 0 spiro atoms. The number of fused-ring (bicyclic) bond motifs is 5. The first-order valence-electron chi connectivity index (χ1n) is 16.0. The summed E-state index contributed by atoms with van der Waals surface area (Å²) in [6.45, 7) is 7.67. The zero-order chi connectivity index (χ0) is 30.1. The summed E-state index contributed by atoms with van der Waals surface area (Å²) in [5, 5.41) is 2.86. The van der Waals surface area contributed by atoms with Crippen LogP contribution < -0.4 is 10.2 Å². The zero-order valence-corrected chi connectivity index (χ0v) is 27.0. The lowest BCUT2D eigenvalue weighted by atomic mass is 9.45. The molecule has 5 rings (SSSR count). The highest BCUT2D eigenvalue weighted by Gasteiger charge is 2.61. The Morgan fingerprint density at radius 2 is 1.67 bits per heavy atom. The number of benzene rings is 1. The fraction of sp³-hybridized carbons (Fsp3) is 0.735. The van der Waals surface area contributed by atoms with Crippen LogP contribution in [0.4, 0.5) is 5.69 Å². The van der Waals surface area contributed by atoms with Crippen molar-refractivity contribution in [3.63, 3.8) is 0 Å². The Morgan fingerprint density at radius 1 is 0.976 bits per heavy atom. The standard InChI is InChI=1S/C34H48Cl2N2O4/c1-22(39)37-30(20-23-4-7-25(8-5-23)38(18-16-35)19-17-36)32(41)42-31-11-10-28-27-9-6-24-21-26(40)12-14-33(24,2)29(27)13-15-34(28,31)3/h4-5,7-8,24,27-31H,6,9-21H2,1-3H3,(H,37,39)/t24-,27-,28-,29-,30-,31-,33-,34-/m0/s1. The Bertz CT molecular complexity index is 1140. The molecule has 4 aliphatic carbocycles. The number of amides is 1. The molecule has 1 amide bonds. The summed E-state index contributed by atoms with van der Waals surface area (Å²) < 4.78 is 6.33. The molecular formula is C34H48Cl2N2O4. The van der Waals surface area contributed by atoms with Crippen LogP contribution in [0.25, 0.3) is 0 Å². The van der Waals surface area contributed by atoms with Crippen molar-refractivity contribution in [2.75, 3.05) is 29.7 Å². The van der Waals surface area contributed by atoms with E-state index in [4.69, 9.17) is 27.9 Å². The van der Waals surface area contributed by atoms with Crippen molar-refractivity contribution in [1.82, 2.24) is 5.32 Å². The molecule has 6 nitrogen and oxygen atoms in total. The van der Waals surface area contributed by atoms with Crippen LogP contribution in [0, 0.1) is 34.5 Å². The van der Waals surface area contributed by atoms with Crippen molar-refractivity contribution < 1.29 is 19.1 Å². The van der Waals surface area contributed by atoms with E-state index >= 15 is 0 Å². The monoisotopic (exact) mass is 618 g/mol. The molecule has 0 aromatic heterocycles. The molecule has 1 N–H and O–H groups in total. The predicted molar refractivity (Wildman–Crippen MR) is 168 cm³/mol. The fourth-order valence-electron chi connectivity index (χ4n) is 9.50. The number of carbonyl (C=O) groups excluding carboxylic acids is 3. The molecule has 232 valence electrons. The predicted octanol–water partition coefficient (Wildman–Crippen LogP) is 6.54. The number of rotatable bonds is 10. The molecule has 0 saturated heterocycles. The van der Waals surface area contributed by atoms with Crippen LogP contribution in [-0.4, -0.2) is 54.7 Å². The van der Waals surface area contributed by atoms with Crippen LogP contribution in [0.2, 0.25) is 0 Å². The van der Waals surface area contributed by atoms with E-state index in [-0.39, 0.29) is 28.8 Å². The van der Waals surface area contributed by atoms with Crippen LogP contribution in [0.15, 0.2) is 24.3 Å². The SMILES string of the molecule is CC(=O)N[C@@H](Cc1ccc(N(CCCl)CCCl)cc1)C(=O)O[C@H]1CC[C@H]2[C@@H]3CC[C@H]4CC(=O)CC[C@]4(C)[C@H]3CC[C@]12C. The second-order valence-corrected chi connectivity index (χ2v) is 14.7. The maximum atomic E-state index is 13.6. The number of Topliss-reactive ketones (excluding diaryl/α,β-unsaturated/α-hetero) is 1. The molecular weight excluding hydrogens is 571 g/mol. The van der Waals surface area contributed by atoms with Gasteiger partial charge in [-0.25, -0.2) is 4.79 Å². The minimum atomic E-state index is -0.733. The Kier molecular flexibility index (Phi) is 9.83. The number of alkyl halides is 2. The lowest BCUT2D eigenvalue weighted by Crippen LogP contribution is -2.54. The first-order valence-corrected chi connectivity index (χ1v) is 17.1. The summed E-state index contributed by atoms with van der Waals surface area (Å²) in [7, 11) is 0. The lowest BCUT2D eigenvalue weighted by Gasteiger charge is -2.60. The quantitative estimate of drug-likeness (QED) is 0.238. The highest BCUT2D eigenvalue weighted by atomic mass is 35.5. The molecule has 0 aliphatic heterocycles.